The molecule has 2 aliphatic heterocycles. The van der Waals surface area contributed by atoms with Crippen molar-refractivity contribution in [3.05, 3.63) is 101 Å². The number of carbonyl (C=O) groups is 1. The summed E-state index contributed by atoms with van der Waals surface area (Å²) in [7, 11) is 0. The largest absolute Gasteiger partial charge is 0.349 e. The molecule has 3 atom stereocenters. The summed E-state index contributed by atoms with van der Waals surface area (Å²) in [5.41, 5.74) is 2.07. The highest BCUT2D eigenvalue weighted by Crippen LogP contribution is 2.55. The second kappa shape index (κ2) is 7.93. The quantitative estimate of drug-likeness (QED) is 0.520. The summed E-state index contributed by atoms with van der Waals surface area (Å²) >= 11 is 0. The predicted molar refractivity (Wildman–Crippen MR) is 126 cm³/mol. The lowest BCUT2D eigenvalue weighted by molar-refractivity contribution is 0.0950. The predicted octanol–water partition coefficient (Wildman–Crippen LogP) is 5.12. The van der Waals surface area contributed by atoms with Gasteiger partial charge in [0.25, 0.3) is 0 Å². The SMILES string of the molecule is Cc1ccc(C(=O)[C@H]2[C@@H](c3ccccc3F)C(C#N)(C#N)[C@H]3C=Cc4ncccc4N23)c(C)c1. The first-order valence-electron chi connectivity index (χ1n) is 11.0. The highest BCUT2D eigenvalue weighted by Gasteiger charge is 2.64. The maximum absolute atomic E-state index is 15.2. The monoisotopic (exact) mass is 448 g/mol. The summed E-state index contributed by atoms with van der Waals surface area (Å²) in [4.78, 5) is 20.4. The summed E-state index contributed by atoms with van der Waals surface area (Å²) in [6.07, 6.45) is 5.16. The second-order valence-electron chi connectivity index (χ2n) is 8.84. The van der Waals surface area contributed by atoms with Crippen LogP contribution >= 0.6 is 0 Å². The van der Waals surface area contributed by atoms with Gasteiger partial charge in [0.15, 0.2) is 11.2 Å². The van der Waals surface area contributed by atoms with Crippen molar-refractivity contribution in [1.29, 1.82) is 10.5 Å². The van der Waals surface area contributed by atoms with Gasteiger partial charge in [0.05, 0.1) is 29.6 Å². The topological polar surface area (TPSA) is 80.8 Å². The highest BCUT2D eigenvalue weighted by molar-refractivity contribution is 6.05. The van der Waals surface area contributed by atoms with Crippen LogP contribution in [0.4, 0.5) is 10.1 Å². The van der Waals surface area contributed by atoms with Crippen LogP contribution in [0.2, 0.25) is 0 Å². The Bertz CT molecular complexity index is 1420. The van der Waals surface area contributed by atoms with Gasteiger partial charge in [-0.1, -0.05) is 48.0 Å². The number of benzene rings is 2. The van der Waals surface area contributed by atoms with Crippen LogP contribution in [-0.4, -0.2) is 22.9 Å². The molecule has 6 heteroatoms. The molecule has 0 bridgehead atoms. The molecule has 2 aromatic carbocycles. The molecule has 2 aliphatic rings. The Morgan fingerprint density at radius 3 is 2.56 bits per heavy atom. The van der Waals surface area contributed by atoms with E-state index in [9.17, 15) is 15.3 Å². The molecule has 34 heavy (non-hydrogen) atoms. The van der Waals surface area contributed by atoms with Crippen LogP contribution in [0, 0.1) is 47.7 Å². The van der Waals surface area contributed by atoms with Crippen molar-refractivity contribution < 1.29 is 9.18 Å². The third kappa shape index (κ3) is 2.96. The first-order chi connectivity index (χ1) is 16.4. The van der Waals surface area contributed by atoms with E-state index in [4.69, 9.17) is 0 Å². The van der Waals surface area contributed by atoms with Crippen LogP contribution in [0.1, 0.15) is 38.7 Å². The average molecular weight is 449 g/mol. The molecule has 1 fully saturated rings. The van der Waals surface area contributed by atoms with Crippen molar-refractivity contribution >= 4 is 17.5 Å². The van der Waals surface area contributed by atoms with E-state index >= 15 is 4.39 Å². The number of ketones is 1. The highest BCUT2D eigenvalue weighted by atomic mass is 19.1. The Balaban J connectivity index is 1.82. The fraction of sp³-hybridized carbons (Fsp3) is 0.214. The minimum atomic E-state index is -1.69. The number of hydrogen-bond donors (Lipinski definition) is 0. The van der Waals surface area contributed by atoms with E-state index in [-0.39, 0.29) is 11.3 Å². The van der Waals surface area contributed by atoms with Crippen molar-refractivity contribution in [2.24, 2.45) is 5.41 Å². The number of nitrogens with zero attached hydrogens (tertiary/aromatic N) is 4. The van der Waals surface area contributed by atoms with Crippen LogP contribution in [0.25, 0.3) is 6.08 Å². The number of pyridine rings is 1. The lowest BCUT2D eigenvalue weighted by Crippen LogP contribution is -2.44. The summed E-state index contributed by atoms with van der Waals surface area (Å²) in [6.45, 7) is 3.81. The third-order valence-corrected chi connectivity index (χ3v) is 6.93. The molecule has 0 N–H and O–H groups in total. The molecule has 5 nitrogen and oxygen atoms in total. The van der Waals surface area contributed by atoms with Gasteiger partial charge in [-0.2, -0.15) is 10.5 Å². The van der Waals surface area contributed by atoms with E-state index in [1.54, 1.807) is 53.6 Å². The summed E-state index contributed by atoms with van der Waals surface area (Å²) in [6, 6.07) is 17.9. The third-order valence-electron chi connectivity index (χ3n) is 6.93. The minimum absolute atomic E-state index is 0.182. The lowest BCUT2D eigenvalue weighted by atomic mass is 9.69. The van der Waals surface area contributed by atoms with Gasteiger partial charge in [-0.25, -0.2) is 4.39 Å². The van der Waals surface area contributed by atoms with Gasteiger partial charge in [-0.15, -0.1) is 0 Å². The van der Waals surface area contributed by atoms with Crippen LogP contribution in [0.5, 0.6) is 0 Å². The molecule has 5 rings (SSSR count). The number of aromatic nitrogens is 1. The van der Waals surface area contributed by atoms with Crippen molar-refractivity contribution in [3.8, 4) is 12.1 Å². The maximum atomic E-state index is 15.2. The summed E-state index contributed by atoms with van der Waals surface area (Å²) in [5, 5.41) is 20.8. The van der Waals surface area contributed by atoms with Gasteiger partial charge in [0.1, 0.15) is 11.9 Å². The van der Waals surface area contributed by atoms with Gasteiger partial charge in [-0.05, 0) is 49.2 Å². The van der Waals surface area contributed by atoms with E-state index in [1.807, 2.05) is 32.0 Å². The Morgan fingerprint density at radius 1 is 1.09 bits per heavy atom. The van der Waals surface area contributed by atoms with Crippen LogP contribution < -0.4 is 4.90 Å². The number of hydrogen-bond acceptors (Lipinski definition) is 5. The van der Waals surface area contributed by atoms with Gasteiger partial charge in [0, 0.05) is 17.7 Å². The molecule has 3 heterocycles. The van der Waals surface area contributed by atoms with E-state index in [0.29, 0.717) is 16.9 Å². The summed E-state index contributed by atoms with van der Waals surface area (Å²) in [5.74, 6) is -1.82. The Labute approximate surface area is 197 Å². The molecule has 166 valence electrons. The first-order valence-corrected chi connectivity index (χ1v) is 11.0. The second-order valence-corrected chi connectivity index (χ2v) is 8.84. The van der Waals surface area contributed by atoms with Gasteiger partial charge in [-0.3, -0.25) is 9.78 Å². The number of aryl methyl sites for hydroxylation is 2. The minimum Gasteiger partial charge on any atom is -0.349 e. The van der Waals surface area contributed by atoms with Crippen molar-refractivity contribution in [1.82, 2.24) is 4.98 Å². The number of nitriles is 2. The molecule has 0 spiro atoms. The van der Waals surface area contributed by atoms with E-state index in [0.717, 1.165) is 11.1 Å². The normalized spacial score (nSPS) is 21.8. The van der Waals surface area contributed by atoms with Crippen LogP contribution in [-0.2, 0) is 0 Å². The molecular formula is C28H21FN4O. The van der Waals surface area contributed by atoms with E-state index in [2.05, 4.69) is 17.1 Å². The Hall–Kier alpha value is -4.29. The number of halogens is 1. The number of carbonyl (C=O) groups excluding carboxylic acids is 1. The van der Waals surface area contributed by atoms with Gasteiger partial charge >= 0.3 is 0 Å². The zero-order valence-electron chi connectivity index (χ0n) is 18.7. The summed E-state index contributed by atoms with van der Waals surface area (Å²) < 4.78 is 15.2. The smallest absolute Gasteiger partial charge is 0.186 e. The van der Waals surface area contributed by atoms with Crippen molar-refractivity contribution in [3.63, 3.8) is 0 Å². The van der Waals surface area contributed by atoms with E-state index in [1.165, 1.54) is 6.07 Å². The zero-order chi connectivity index (χ0) is 24.0. The molecule has 1 saturated heterocycles. The number of fused-ring (bicyclic) bond motifs is 3. The Kier molecular flexibility index (Phi) is 5.03. The fourth-order valence-corrected chi connectivity index (χ4v) is 5.43. The van der Waals surface area contributed by atoms with Crippen molar-refractivity contribution in [2.45, 2.75) is 31.8 Å². The maximum Gasteiger partial charge on any atom is 0.186 e. The molecule has 1 aromatic heterocycles. The molecule has 0 amide bonds. The molecule has 3 aromatic rings. The Morgan fingerprint density at radius 2 is 1.85 bits per heavy atom. The molecule has 0 aliphatic carbocycles. The van der Waals surface area contributed by atoms with E-state index < -0.39 is 29.2 Å². The van der Waals surface area contributed by atoms with Crippen LogP contribution in [0.3, 0.4) is 0 Å². The number of Topliss-reactive ketones (excluding diaryl/α,β-unsaturated/α-hetero) is 1. The van der Waals surface area contributed by atoms with Crippen LogP contribution in [0.15, 0.2) is 66.9 Å². The van der Waals surface area contributed by atoms with Gasteiger partial charge < -0.3 is 4.90 Å². The standard InChI is InChI=1S/C28H21FN4O/c1-17-9-10-19(18(2)14-17)27(34)26-25(20-6-3-4-7-21(20)29)28(15-30,16-31)24-12-11-22-23(33(24)26)8-5-13-32-22/h3-14,24-26H,1-2H3/t24-,25-,26-/m1/s1. The molecule has 0 saturated carbocycles. The zero-order valence-corrected chi connectivity index (χ0v) is 18.7. The number of rotatable bonds is 3. The lowest BCUT2D eigenvalue weighted by Gasteiger charge is -2.35. The molecular weight excluding hydrogens is 427 g/mol. The molecule has 0 radical (unpaired) electrons. The average Bonchev–Trinajstić information content (AvgIpc) is 3.15. The fourth-order valence-electron chi connectivity index (χ4n) is 5.43. The first kappa shape index (κ1) is 21.6. The van der Waals surface area contributed by atoms with Gasteiger partial charge in [0.2, 0.25) is 0 Å². The van der Waals surface area contributed by atoms with Crippen molar-refractivity contribution in [2.75, 3.05) is 4.90 Å². The number of anilines is 1. The molecule has 0 unspecified atom stereocenters.